The second kappa shape index (κ2) is 6.10. The van der Waals surface area contributed by atoms with E-state index in [9.17, 15) is 0 Å². The lowest BCUT2D eigenvalue weighted by Crippen LogP contribution is -2.27. The zero-order valence-electron chi connectivity index (χ0n) is 12.0. The Morgan fingerprint density at radius 1 is 1.24 bits per heavy atom. The van der Waals surface area contributed by atoms with Gasteiger partial charge in [0, 0.05) is 40.2 Å². The SMILES string of the molecule is CC(C)c1nc(-c2ncc(Br)cc2Br)nc2c1CNCC2. The molecule has 110 valence electrons. The van der Waals surface area contributed by atoms with Crippen LogP contribution in [0.25, 0.3) is 11.5 Å². The zero-order valence-corrected chi connectivity index (χ0v) is 15.1. The molecule has 0 saturated heterocycles. The minimum absolute atomic E-state index is 0.370. The van der Waals surface area contributed by atoms with Crippen LogP contribution in [0.3, 0.4) is 0 Å². The number of halogens is 2. The third-order valence-corrected chi connectivity index (χ3v) is 4.57. The molecule has 3 heterocycles. The average Bonchev–Trinajstić information content (AvgIpc) is 2.46. The number of rotatable bonds is 2. The molecule has 0 spiro atoms. The monoisotopic (exact) mass is 410 g/mol. The largest absolute Gasteiger partial charge is 0.312 e. The van der Waals surface area contributed by atoms with Crippen molar-refractivity contribution < 1.29 is 0 Å². The molecular formula is C15H16Br2N4. The molecule has 0 amide bonds. The summed E-state index contributed by atoms with van der Waals surface area (Å²) in [4.78, 5) is 14.0. The van der Waals surface area contributed by atoms with E-state index in [1.165, 1.54) is 5.56 Å². The number of hydrogen-bond acceptors (Lipinski definition) is 4. The Hall–Kier alpha value is -0.850. The molecular weight excluding hydrogens is 396 g/mol. The van der Waals surface area contributed by atoms with E-state index in [2.05, 4.69) is 56.0 Å². The van der Waals surface area contributed by atoms with E-state index in [0.717, 1.165) is 45.5 Å². The average molecular weight is 412 g/mol. The molecule has 4 nitrogen and oxygen atoms in total. The first-order chi connectivity index (χ1) is 10.1. The Morgan fingerprint density at radius 3 is 2.76 bits per heavy atom. The van der Waals surface area contributed by atoms with E-state index in [1.54, 1.807) is 6.20 Å². The van der Waals surface area contributed by atoms with E-state index in [-0.39, 0.29) is 0 Å². The highest BCUT2D eigenvalue weighted by Crippen LogP contribution is 2.30. The Labute approximate surface area is 141 Å². The fourth-order valence-electron chi connectivity index (χ4n) is 2.53. The topological polar surface area (TPSA) is 50.7 Å². The van der Waals surface area contributed by atoms with Gasteiger partial charge in [0.25, 0.3) is 0 Å². The van der Waals surface area contributed by atoms with Crippen molar-refractivity contribution in [2.24, 2.45) is 0 Å². The van der Waals surface area contributed by atoms with Gasteiger partial charge < -0.3 is 5.32 Å². The Balaban J connectivity index is 2.17. The lowest BCUT2D eigenvalue weighted by atomic mass is 9.98. The third-order valence-electron chi connectivity index (χ3n) is 3.53. The first kappa shape index (κ1) is 15.1. The van der Waals surface area contributed by atoms with Gasteiger partial charge >= 0.3 is 0 Å². The number of aromatic nitrogens is 3. The minimum Gasteiger partial charge on any atom is -0.312 e. The summed E-state index contributed by atoms with van der Waals surface area (Å²) in [5.41, 5.74) is 4.33. The molecule has 0 bridgehead atoms. The van der Waals surface area contributed by atoms with Crippen LogP contribution in [-0.4, -0.2) is 21.5 Å². The summed E-state index contributed by atoms with van der Waals surface area (Å²) in [6.07, 6.45) is 2.72. The molecule has 3 rings (SSSR count). The minimum atomic E-state index is 0.370. The highest BCUT2D eigenvalue weighted by Gasteiger charge is 2.21. The van der Waals surface area contributed by atoms with Crippen LogP contribution < -0.4 is 5.32 Å². The van der Waals surface area contributed by atoms with Crippen LogP contribution in [0.2, 0.25) is 0 Å². The van der Waals surface area contributed by atoms with Crippen LogP contribution in [0.15, 0.2) is 21.2 Å². The second-order valence-corrected chi connectivity index (χ2v) is 7.19. The summed E-state index contributed by atoms with van der Waals surface area (Å²) in [7, 11) is 0. The van der Waals surface area contributed by atoms with E-state index >= 15 is 0 Å². The van der Waals surface area contributed by atoms with Gasteiger partial charge in [-0.3, -0.25) is 4.98 Å². The van der Waals surface area contributed by atoms with E-state index in [4.69, 9.17) is 9.97 Å². The summed E-state index contributed by atoms with van der Waals surface area (Å²) >= 11 is 6.98. The van der Waals surface area contributed by atoms with Crippen molar-refractivity contribution in [1.29, 1.82) is 0 Å². The summed E-state index contributed by atoms with van der Waals surface area (Å²) in [5, 5.41) is 3.40. The third kappa shape index (κ3) is 3.03. The van der Waals surface area contributed by atoms with Gasteiger partial charge in [0.15, 0.2) is 5.82 Å². The lowest BCUT2D eigenvalue weighted by Gasteiger charge is -2.21. The summed E-state index contributed by atoms with van der Waals surface area (Å²) < 4.78 is 1.84. The molecule has 0 radical (unpaired) electrons. The second-order valence-electron chi connectivity index (χ2n) is 5.42. The molecule has 21 heavy (non-hydrogen) atoms. The van der Waals surface area contributed by atoms with Crippen LogP contribution in [-0.2, 0) is 13.0 Å². The van der Waals surface area contributed by atoms with Gasteiger partial charge in [0.05, 0.1) is 11.4 Å². The molecule has 1 aliphatic heterocycles. The number of nitrogens with one attached hydrogen (secondary N) is 1. The van der Waals surface area contributed by atoms with Crippen molar-refractivity contribution in [2.75, 3.05) is 6.54 Å². The Kier molecular flexibility index (Phi) is 4.38. The molecule has 1 N–H and O–H groups in total. The molecule has 0 aliphatic carbocycles. The van der Waals surface area contributed by atoms with Crippen LogP contribution in [0.4, 0.5) is 0 Å². The van der Waals surface area contributed by atoms with Crippen molar-refractivity contribution >= 4 is 31.9 Å². The smallest absolute Gasteiger partial charge is 0.179 e. The molecule has 0 atom stereocenters. The quantitative estimate of drug-likeness (QED) is 0.815. The number of nitrogens with zero attached hydrogens (tertiary/aromatic N) is 3. The first-order valence-corrected chi connectivity index (χ1v) is 8.56. The van der Waals surface area contributed by atoms with Crippen LogP contribution >= 0.6 is 31.9 Å². The molecule has 0 unspecified atom stereocenters. The van der Waals surface area contributed by atoms with Crippen molar-refractivity contribution in [2.45, 2.75) is 32.7 Å². The number of hydrogen-bond donors (Lipinski definition) is 1. The van der Waals surface area contributed by atoms with Crippen molar-refractivity contribution in [1.82, 2.24) is 20.3 Å². The molecule has 2 aromatic heterocycles. The maximum absolute atomic E-state index is 4.79. The predicted octanol–water partition coefficient (Wildman–Crippen LogP) is 3.83. The number of fused-ring (bicyclic) bond motifs is 1. The van der Waals surface area contributed by atoms with E-state index in [0.29, 0.717) is 11.7 Å². The predicted molar refractivity (Wildman–Crippen MR) is 90.2 cm³/mol. The van der Waals surface area contributed by atoms with Crippen LogP contribution in [0.1, 0.15) is 36.7 Å². The zero-order chi connectivity index (χ0) is 15.0. The maximum Gasteiger partial charge on any atom is 0.179 e. The normalized spacial score (nSPS) is 14.3. The Morgan fingerprint density at radius 2 is 2.05 bits per heavy atom. The molecule has 6 heteroatoms. The molecule has 1 aliphatic rings. The van der Waals surface area contributed by atoms with Gasteiger partial charge in [0.2, 0.25) is 0 Å². The molecule has 0 aromatic carbocycles. The lowest BCUT2D eigenvalue weighted by molar-refractivity contribution is 0.609. The van der Waals surface area contributed by atoms with E-state index < -0.39 is 0 Å². The standard InChI is InChI=1S/C15H16Br2N4/c1-8(2)13-10-7-18-4-3-12(10)20-15(21-13)14-11(17)5-9(16)6-19-14/h5-6,8,18H,3-4,7H2,1-2H3. The fourth-order valence-corrected chi connectivity index (χ4v) is 3.70. The number of pyridine rings is 1. The summed E-state index contributed by atoms with van der Waals surface area (Å²) in [6.45, 7) is 6.17. The van der Waals surface area contributed by atoms with Gasteiger partial charge in [-0.05, 0) is 43.8 Å². The van der Waals surface area contributed by atoms with Gasteiger partial charge in [-0.1, -0.05) is 13.8 Å². The van der Waals surface area contributed by atoms with Crippen LogP contribution in [0, 0.1) is 0 Å². The molecule has 0 saturated carbocycles. The fraction of sp³-hybridized carbons (Fsp3) is 0.400. The van der Waals surface area contributed by atoms with Crippen LogP contribution in [0.5, 0.6) is 0 Å². The van der Waals surface area contributed by atoms with Gasteiger partial charge in [-0.15, -0.1) is 0 Å². The van der Waals surface area contributed by atoms with Gasteiger partial charge in [-0.2, -0.15) is 0 Å². The van der Waals surface area contributed by atoms with Crippen molar-refractivity contribution in [3.8, 4) is 11.5 Å². The molecule has 2 aromatic rings. The van der Waals surface area contributed by atoms with Gasteiger partial charge in [-0.25, -0.2) is 9.97 Å². The maximum atomic E-state index is 4.79. The van der Waals surface area contributed by atoms with E-state index in [1.807, 2.05) is 6.07 Å². The first-order valence-electron chi connectivity index (χ1n) is 6.98. The van der Waals surface area contributed by atoms with Crippen molar-refractivity contribution in [3.05, 3.63) is 38.2 Å². The molecule has 0 fully saturated rings. The highest BCUT2D eigenvalue weighted by atomic mass is 79.9. The highest BCUT2D eigenvalue weighted by molar-refractivity contribution is 9.11. The summed E-state index contributed by atoms with van der Waals surface area (Å²) in [5.74, 6) is 1.08. The van der Waals surface area contributed by atoms with Gasteiger partial charge in [0.1, 0.15) is 5.69 Å². The summed E-state index contributed by atoms with van der Waals surface area (Å²) in [6, 6.07) is 1.97. The van der Waals surface area contributed by atoms with Crippen molar-refractivity contribution in [3.63, 3.8) is 0 Å². The Bertz CT molecular complexity index is 686.